The van der Waals surface area contributed by atoms with E-state index in [1.165, 1.54) is 11.8 Å². The van der Waals surface area contributed by atoms with E-state index in [2.05, 4.69) is 15.3 Å². The molecule has 0 saturated carbocycles. The number of hydrogen-bond donors (Lipinski definition) is 1. The minimum absolute atomic E-state index is 0.0786. The van der Waals surface area contributed by atoms with Crippen LogP contribution in [0.2, 0.25) is 0 Å². The van der Waals surface area contributed by atoms with Crippen LogP contribution in [0, 0.1) is 0 Å². The SMILES string of the molecule is C[C@H](Sc1ccccn1)C(=O)NCc1ncc(-c2ccccc2)o1. The molecule has 6 heteroatoms. The van der Waals surface area contributed by atoms with Crippen molar-refractivity contribution >= 4 is 17.7 Å². The fourth-order valence-corrected chi connectivity index (χ4v) is 2.92. The van der Waals surface area contributed by atoms with Gasteiger partial charge in [0.2, 0.25) is 11.8 Å². The van der Waals surface area contributed by atoms with Gasteiger partial charge in [0.1, 0.15) is 0 Å². The zero-order chi connectivity index (χ0) is 16.8. The first-order valence-electron chi connectivity index (χ1n) is 7.58. The highest BCUT2D eigenvalue weighted by molar-refractivity contribution is 8.00. The van der Waals surface area contributed by atoms with Crippen LogP contribution in [-0.4, -0.2) is 21.1 Å². The minimum Gasteiger partial charge on any atom is -0.439 e. The fraction of sp³-hybridized carbons (Fsp3) is 0.167. The molecule has 1 amide bonds. The van der Waals surface area contributed by atoms with Crippen molar-refractivity contribution in [2.75, 3.05) is 0 Å². The van der Waals surface area contributed by atoms with Crippen LogP contribution in [0.4, 0.5) is 0 Å². The second kappa shape index (κ2) is 7.79. The highest BCUT2D eigenvalue weighted by Gasteiger charge is 2.15. The van der Waals surface area contributed by atoms with E-state index in [1.807, 2.05) is 55.5 Å². The van der Waals surface area contributed by atoms with Crippen molar-refractivity contribution in [1.82, 2.24) is 15.3 Å². The summed E-state index contributed by atoms with van der Waals surface area (Å²) in [4.78, 5) is 20.6. The van der Waals surface area contributed by atoms with Crippen LogP contribution in [0.1, 0.15) is 12.8 Å². The summed E-state index contributed by atoms with van der Waals surface area (Å²) in [5, 5.41) is 3.42. The topological polar surface area (TPSA) is 68.0 Å². The number of nitrogens with zero attached hydrogens (tertiary/aromatic N) is 2. The number of carbonyl (C=O) groups is 1. The zero-order valence-corrected chi connectivity index (χ0v) is 14.0. The number of aromatic nitrogens is 2. The number of oxazole rings is 1. The maximum Gasteiger partial charge on any atom is 0.233 e. The number of benzene rings is 1. The molecule has 0 saturated heterocycles. The van der Waals surface area contributed by atoms with Crippen molar-refractivity contribution in [2.24, 2.45) is 0 Å². The first kappa shape index (κ1) is 16.3. The predicted octanol–water partition coefficient (Wildman–Crippen LogP) is 3.53. The summed E-state index contributed by atoms with van der Waals surface area (Å²) in [6, 6.07) is 15.4. The van der Waals surface area contributed by atoms with Gasteiger partial charge >= 0.3 is 0 Å². The standard InChI is InChI=1S/C18H17N3O2S/c1-13(24-17-9-5-6-10-19-17)18(22)21-12-16-20-11-15(23-16)14-7-3-2-4-8-14/h2-11,13H,12H2,1H3,(H,21,22)/t13-/m0/s1. The molecule has 0 aliphatic rings. The maximum atomic E-state index is 12.2. The minimum atomic E-state index is -0.247. The van der Waals surface area contributed by atoms with Crippen LogP contribution < -0.4 is 5.32 Å². The van der Waals surface area contributed by atoms with Gasteiger partial charge in [-0.15, -0.1) is 0 Å². The van der Waals surface area contributed by atoms with E-state index >= 15 is 0 Å². The number of thioether (sulfide) groups is 1. The van der Waals surface area contributed by atoms with Crippen molar-refractivity contribution in [3.05, 3.63) is 66.8 Å². The Labute approximate surface area is 144 Å². The Morgan fingerprint density at radius 2 is 1.96 bits per heavy atom. The maximum absolute atomic E-state index is 12.2. The molecular weight excluding hydrogens is 322 g/mol. The number of pyridine rings is 1. The number of carbonyl (C=O) groups excluding carboxylic acids is 1. The summed E-state index contributed by atoms with van der Waals surface area (Å²) >= 11 is 1.41. The van der Waals surface area contributed by atoms with E-state index in [0.717, 1.165) is 10.6 Å². The lowest BCUT2D eigenvalue weighted by Gasteiger charge is -2.10. The Hall–Kier alpha value is -2.60. The molecule has 24 heavy (non-hydrogen) atoms. The number of rotatable bonds is 6. The summed E-state index contributed by atoms with van der Waals surface area (Å²) in [6.45, 7) is 2.11. The summed E-state index contributed by atoms with van der Waals surface area (Å²) < 4.78 is 5.67. The molecule has 0 aliphatic carbocycles. The molecule has 1 aromatic carbocycles. The quantitative estimate of drug-likeness (QED) is 0.696. The molecular formula is C18H17N3O2S. The van der Waals surface area contributed by atoms with Gasteiger partial charge in [-0.05, 0) is 19.1 Å². The Kier molecular flexibility index (Phi) is 5.28. The molecule has 0 fully saturated rings. The van der Waals surface area contributed by atoms with E-state index < -0.39 is 0 Å². The summed E-state index contributed by atoms with van der Waals surface area (Å²) in [6.07, 6.45) is 3.38. The van der Waals surface area contributed by atoms with Gasteiger partial charge in [-0.25, -0.2) is 9.97 Å². The zero-order valence-electron chi connectivity index (χ0n) is 13.2. The Balaban J connectivity index is 1.54. The third-order valence-electron chi connectivity index (χ3n) is 3.33. The lowest BCUT2D eigenvalue weighted by atomic mass is 10.2. The summed E-state index contributed by atoms with van der Waals surface area (Å²) in [5.74, 6) is 1.10. The van der Waals surface area contributed by atoms with Crippen LogP contribution >= 0.6 is 11.8 Å². The van der Waals surface area contributed by atoms with Crippen molar-refractivity contribution in [3.63, 3.8) is 0 Å². The van der Waals surface area contributed by atoms with Gasteiger partial charge in [-0.2, -0.15) is 0 Å². The van der Waals surface area contributed by atoms with Crippen LogP contribution in [-0.2, 0) is 11.3 Å². The molecule has 5 nitrogen and oxygen atoms in total. The highest BCUT2D eigenvalue weighted by Crippen LogP contribution is 2.21. The van der Waals surface area contributed by atoms with Crippen molar-refractivity contribution < 1.29 is 9.21 Å². The van der Waals surface area contributed by atoms with Crippen LogP contribution in [0.15, 0.2) is 70.4 Å². The van der Waals surface area contributed by atoms with Gasteiger partial charge < -0.3 is 9.73 Å². The van der Waals surface area contributed by atoms with Crippen LogP contribution in [0.5, 0.6) is 0 Å². The van der Waals surface area contributed by atoms with Gasteiger partial charge in [-0.3, -0.25) is 4.79 Å². The van der Waals surface area contributed by atoms with Gasteiger partial charge in [0, 0.05) is 11.8 Å². The first-order valence-corrected chi connectivity index (χ1v) is 8.46. The van der Waals surface area contributed by atoms with E-state index in [9.17, 15) is 4.79 Å². The molecule has 1 atom stereocenters. The van der Waals surface area contributed by atoms with E-state index in [1.54, 1.807) is 12.4 Å². The van der Waals surface area contributed by atoms with Gasteiger partial charge in [0.25, 0.3) is 0 Å². The van der Waals surface area contributed by atoms with Crippen LogP contribution in [0.25, 0.3) is 11.3 Å². The second-order valence-corrected chi connectivity index (χ2v) is 6.49. The summed E-state index contributed by atoms with van der Waals surface area (Å²) in [7, 11) is 0. The Morgan fingerprint density at radius 3 is 2.71 bits per heavy atom. The molecule has 1 N–H and O–H groups in total. The molecule has 2 heterocycles. The van der Waals surface area contributed by atoms with Crippen molar-refractivity contribution in [1.29, 1.82) is 0 Å². The van der Waals surface area contributed by atoms with Crippen molar-refractivity contribution in [2.45, 2.75) is 23.7 Å². The summed E-state index contributed by atoms with van der Waals surface area (Å²) in [5.41, 5.74) is 0.960. The second-order valence-electron chi connectivity index (χ2n) is 5.13. The van der Waals surface area contributed by atoms with Gasteiger partial charge in [0.05, 0.1) is 23.0 Å². The first-order chi connectivity index (χ1) is 11.7. The number of nitrogens with one attached hydrogen (secondary N) is 1. The lowest BCUT2D eigenvalue weighted by Crippen LogP contribution is -2.30. The average molecular weight is 339 g/mol. The molecule has 0 unspecified atom stereocenters. The van der Waals surface area contributed by atoms with Gasteiger partial charge in [-0.1, -0.05) is 48.2 Å². The largest absolute Gasteiger partial charge is 0.439 e. The highest BCUT2D eigenvalue weighted by atomic mass is 32.2. The number of amides is 1. The lowest BCUT2D eigenvalue weighted by molar-refractivity contribution is -0.120. The van der Waals surface area contributed by atoms with Gasteiger partial charge in [0.15, 0.2) is 5.76 Å². The molecule has 2 aromatic heterocycles. The smallest absolute Gasteiger partial charge is 0.233 e. The molecule has 122 valence electrons. The van der Waals surface area contributed by atoms with Crippen LogP contribution in [0.3, 0.4) is 0 Å². The molecule has 0 spiro atoms. The monoisotopic (exact) mass is 339 g/mol. The molecule has 3 rings (SSSR count). The normalized spacial score (nSPS) is 11.9. The predicted molar refractivity (Wildman–Crippen MR) is 93.3 cm³/mol. The third-order valence-corrected chi connectivity index (χ3v) is 4.38. The number of hydrogen-bond acceptors (Lipinski definition) is 5. The average Bonchev–Trinajstić information content (AvgIpc) is 3.10. The van der Waals surface area contributed by atoms with E-state index in [0.29, 0.717) is 11.7 Å². The van der Waals surface area contributed by atoms with Crippen molar-refractivity contribution in [3.8, 4) is 11.3 Å². The molecule has 0 radical (unpaired) electrons. The fourth-order valence-electron chi connectivity index (χ4n) is 2.09. The Morgan fingerprint density at radius 1 is 1.17 bits per heavy atom. The Bertz CT molecular complexity index is 790. The van der Waals surface area contributed by atoms with E-state index in [-0.39, 0.29) is 17.7 Å². The third kappa shape index (κ3) is 4.23. The molecule has 3 aromatic rings. The van der Waals surface area contributed by atoms with E-state index in [4.69, 9.17) is 4.42 Å². The molecule has 0 bridgehead atoms. The molecule has 0 aliphatic heterocycles.